The van der Waals surface area contributed by atoms with Crippen LogP contribution in [-0.4, -0.2) is 58.8 Å². The second-order valence-corrected chi connectivity index (χ2v) is 12.3. The molecule has 5 rings (SSSR count). The molecule has 10 atom stereocenters. The van der Waals surface area contributed by atoms with E-state index in [9.17, 15) is 15.2 Å². The summed E-state index contributed by atoms with van der Waals surface area (Å²) >= 11 is 0. The Kier molecular flexibility index (Phi) is 9.79. The van der Waals surface area contributed by atoms with Crippen molar-refractivity contribution in [2.45, 2.75) is 115 Å². The molecule has 9 nitrogen and oxygen atoms in total. The van der Waals surface area contributed by atoms with Crippen molar-refractivity contribution in [1.82, 2.24) is 4.98 Å². The third-order valence-electron chi connectivity index (χ3n) is 8.89. The maximum atomic E-state index is 13.0. The van der Waals surface area contributed by atoms with Crippen LogP contribution in [0, 0.1) is 23.2 Å². The number of aliphatic hydroxyl groups excluding tert-OH is 1. The standard InChI is InChI=1S/C33H42N2O7/c1-19-13-24-7-5-10-31(37)42-33-21(3)28(41-32(22(33)4)20(2)11-12-34)8-6-9-30-35-27(18-38-30)29-16-23(36)15-26(40-29)17-25(14-19)39-24/h5-6,9-11,18,21-26,28-29,32-33,36H,1,7-8,13-17H2,2-4H3/b9-6-,10-5-,20-11+/t21-,22-,23+,24-,25+,26-,28+,29+,32-,33-/m0/s1. The van der Waals surface area contributed by atoms with Gasteiger partial charge in [-0.3, -0.25) is 0 Å². The average molecular weight is 579 g/mol. The van der Waals surface area contributed by atoms with Crippen LogP contribution >= 0.6 is 0 Å². The Hall–Kier alpha value is -3.03. The Morgan fingerprint density at radius 3 is 2.64 bits per heavy atom. The number of fused-ring (bicyclic) bond motifs is 9. The summed E-state index contributed by atoms with van der Waals surface area (Å²) in [7, 11) is 0. The number of nitrogens with zero attached hydrogens (tertiary/aromatic N) is 2. The molecule has 3 fully saturated rings. The minimum absolute atomic E-state index is 0.0834. The van der Waals surface area contributed by atoms with Crippen LogP contribution in [0.25, 0.3) is 6.08 Å². The number of aromatic nitrogens is 1. The molecule has 42 heavy (non-hydrogen) atoms. The van der Waals surface area contributed by atoms with Crippen LogP contribution in [0.5, 0.6) is 0 Å². The first kappa shape index (κ1) is 30.4. The van der Waals surface area contributed by atoms with Crippen LogP contribution in [0.1, 0.15) is 83.4 Å². The van der Waals surface area contributed by atoms with Gasteiger partial charge in [0.05, 0.1) is 42.7 Å². The molecule has 226 valence electrons. The normalized spacial score (nSPS) is 39.7. The quantitative estimate of drug-likeness (QED) is 0.260. The Morgan fingerprint density at radius 2 is 1.83 bits per heavy atom. The summed E-state index contributed by atoms with van der Waals surface area (Å²) in [5, 5.41) is 19.9. The van der Waals surface area contributed by atoms with E-state index in [0.717, 1.165) is 24.0 Å². The summed E-state index contributed by atoms with van der Waals surface area (Å²) in [6.45, 7) is 10.1. The number of carbonyl (C=O) groups is 1. The highest BCUT2D eigenvalue weighted by Crippen LogP contribution is 2.38. The number of nitriles is 1. The van der Waals surface area contributed by atoms with E-state index in [1.165, 1.54) is 12.2 Å². The Labute approximate surface area is 247 Å². The highest BCUT2D eigenvalue weighted by atomic mass is 16.6. The van der Waals surface area contributed by atoms with Crippen molar-refractivity contribution in [3.63, 3.8) is 0 Å². The first-order valence-electron chi connectivity index (χ1n) is 15.1. The summed E-state index contributed by atoms with van der Waals surface area (Å²) in [5.74, 6) is -0.204. The van der Waals surface area contributed by atoms with Gasteiger partial charge in [-0.1, -0.05) is 38.2 Å². The second kappa shape index (κ2) is 13.5. The molecular weight excluding hydrogens is 536 g/mol. The Balaban J connectivity index is 1.42. The van der Waals surface area contributed by atoms with Crippen molar-refractivity contribution in [2.75, 3.05) is 0 Å². The lowest BCUT2D eigenvalue weighted by atomic mass is 9.79. The number of oxazole rings is 1. The highest BCUT2D eigenvalue weighted by Gasteiger charge is 2.43. The maximum absolute atomic E-state index is 13.0. The molecule has 9 heteroatoms. The van der Waals surface area contributed by atoms with Gasteiger partial charge in [-0.15, -0.1) is 0 Å². The van der Waals surface area contributed by atoms with Gasteiger partial charge in [-0.25, -0.2) is 9.78 Å². The summed E-state index contributed by atoms with van der Waals surface area (Å²) < 4.78 is 31.0. The number of rotatable bonds is 1. The summed E-state index contributed by atoms with van der Waals surface area (Å²) in [5.41, 5.74) is 2.55. The smallest absolute Gasteiger partial charge is 0.330 e. The van der Waals surface area contributed by atoms with Gasteiger partial charge in [0.1, 0.15) is 24.2 Å². The molecular formula is C33H42N2O7. The zero-order chi connectivity index (χ0) is 29.8. The fraction of sp³-hybridized carbons (Fsp3) is 0.606. The number of carbonyl (C=O) groups excluding carboxylic acids is 1. The largest absolute Gasteiger partial charge is 0.458 e. The number of esters is 1. The third kappa shape index (κ3) is 7.30. The number of hydrogen-bond donors (Lipinski definition) is 1. The van der Waals surface area contributed by atoms with Crippen LogP contribution in [-0.2, 0) is 23.7 Å². The maximum Gasteiger partial charge on any atom is 0.330 e. The minimum atomic E-state index is -0.505. The molecule has 0 radical (unpaired) electrons. The molecule has 5 heterocycles. The topological polar surface area (TPSA) is 124 Å². The Morgan fingerprint density at radius 1 is 1.05 bits per heavy atom. The van der Waals surface area contributed by atoms with E-state index in [1.54, 1.807) is 12.3 Å². The number of ether oxygens (including phenoxy) is 4. The second-order valence-electron chi connectivity index (χ2n) is 12.3. The van der Waals surface area contributed by atoms with E-state index in [4.69, 9.17) is 23.4 Å². The van der Waals surface area contributed by atoms with Crippen LogP contribution in [0.2, 0.25) is 0 Å². The predicted molar refractivity (Wildman–Crippen MR) is 155 cm³/mol. The van der Waals surface area contributed by atoms with E-state index in [2.05, 4.69) is 17.6 Å². The number of hydrogen-bond acceptors (Lipinski definition) is 9. The molecule has 0 aromatic carbocycles. The molecule has 0 amide bonds. The molecule has 4 aliphatic rings. The third-order valence-corrected chi connectivity index (χ3v) is 8.89. The first-order valence-corrected chi connectivity index (χ1v) is 15.1. The van der Waals surface area contributed by atoms with Crippen molar-refractivity contribution in [3.8, 4) is 6.07 Å². The summed E-state index contributed by atoms with van der Waals surface area (Å²) in [4.78, 5) is 17.6. The van der Waals surface area contributed by atoms with Crippen LogP contribution in [0.4, 0.5) is 0 Å². The van der Waals surface area contributed by atoms with Gasteiger partial charge < -0.3 is 28.5 Å². The van der Waals surface area contributed by atoms with E-state index < -0.39 is 18.2 Å². The Bertz CT molecular complexity index is 1260. The van der Waals surface area contributed by atoms with E-state index in [1.807, 2.05) is 32.9 Å². The molecule has 0 spiro atoms. The molecule has 1 aromatic rings. The lowest BCUT2D eigenvalue weighted by molar-refractivity contribution is -0.180. The molecule has 4 aliphatic heterocycles. The van der Waals surface area contributed by atoms with Crippen molar-refractivity contribution in [1.29, 1.82) is 5.26 Å². The summed E-state index contributed by atoms with van der Waals surface area (Å²) in [6.07, 6.45) is 12.1. The zero-order valence-electron chi connectivity index (χ0n) is 24.7. The molecule has 0 saturated carbocycles. The molecule has 1 aromatic heterocycles. The van der Waals surface area contributed by atoms with Gasteiger partial charge in [-0.05, 0) is 50.7 Å². The molecule has 8 bridgehead atoms. The van der Waals surface area contributed by atoms with Gasteiger partial charge in [0.25, 0.3) is 0 Å². The molecule has 0 unspecified atom stereocenters. The fourth-order valence-electron chi connectivity index (χ4n) is 6.81. The number of allylic oxidation sites excluding steroid dienone is 1. The molecule has 3 saturated heterocycles. The minimum Gasteiger partial charge on any atom is -0.458 e. The highest BCUT2D eigenvalue weighted by molar-refractivity contribution is 5.82. The molecule has 1 N–H and O–H groups in total. The zero-order valence-corrected chi connectivity index (χ0v) is 24.7. The monoisotopic (exact) mass is 578 g/mol. The summed E-state index contributed by atoms with van der Waals surface area (Å²) in [6, 6.07) is 2.09. The van der Waals surface area contributed by atoms with Gasteiger partial charge in [0.15, 0.2) is 0 Å². The van der Waals surface area contributed by atoms with Crippen LogP contribution in [0.15, 0.2) is 52.7 Å². The van der Waals surface area contributed by atoms with Crippen molar-refractivity contribution in [3.05, 3.63) is 59.9 Å². The fourth-order valence-corrected chi connectivity index (χ4v) is 6.81. The first-order chi connectivity index (χ1) is 20.2. The van der Waals surface area contributed by atoms with E-state index in [-0.39, 0.29) is 48.5 Å². The SMILES string of the molecule is C=C1C[C@@H]2C[C@@H]3C[C@@H](O)C[C@@H](O3)c3coc(n3)/C=C\C[C@H]3O[C@@H](/C(C)=C/C#N)[C@H](C)[C@@H](OC(=O)/C=C\C[C@@H](C1)O2)[C@H]3C. The van der Waals surface area contributed by atoms with Gasteiger partial charge >= 0.3 is 5.97 Å². The van der Waals surface area contributed by atoms with Crippen molar-refractivity contribution in [2.24, 2.45) is 11.8 Å². The van der Waals surface area contributed by atoms with Gasteiger partial charge in [0, 0.05) is 36.8 Å². The lowest BCUT2D eigenvalue weighted by Crippen LogP contribution is -2.50. The lowest BCUT2D eigenvalue weighted by Gasteiger charge is -2.44. The number of aliphatic hydroxyl groups is 1. The van der Waals surface area contributed by atoms with E-state index >= 15 is 0 Å². The van der Waals surface area contributed by atoms with Crippen LogP contribution in [0.3, 0.4) is 0 Å². The van der Waals surface area contributed by atoms with Crippen molar-refractivity contribution < 1.29 is 33.3 Å². The average Bonchev–Trinajstić information content (AvgIpc) is 3.40. The van der Waals surface area contributed by atoms with Gasteiger partial charge in [0.2, 0.25) is 5.89 Å². The van der Waals surface area contributed by atoms with Gasteiger partial charge in [-0.2, -0.15) is 5.26 Å². The van der Waals surface area contributed by atoms with Crippen molar-refractivity contribution >= 4 is 12.0 Å². The predicted octanol–water partition coefficient (Wildman–Crippen LogP) is 5.53. The molecule has 0 aliphatic carbocycles. The van der Waals surface area contributed by atoms with E-state index in [0.29, 0.717) is 43.7 Å². The van der Waals surface area contributed by atoms with Crippen LogP contribution < -0.4 is 0 Å².